The average molecular weight is 388 g/mol. The van der Waals surface area contributed by atoms with Gasteiger partial charge in [-0.3, -0.25) is 0 Å². The Hall–Kier alpha value is -2.14. The molecular formula is C19H22BrN3O. The molecule has 24 heavy (non-hydrogen) atoms. The van der Waals surface area contributed by atoms with Crippen LogP contribution in [0.4, 0.5) is 5.69 Å². The first-order chi connectivity index (χ1) is 11.5. The van der Waals surface area contributed by atoms with E-state index in [2.05, 4.69) is 39.4 Å². The Labute approximate surface area is 152 Å². The van der Waals surface area contributed by atoms with Gasteiger partial charge >= 0.3 is 0 Å². The van der Waals surface area contributed by atoms with Crippen LogP contribution in [0.15, 0.2) is 46.4 Å². The number of aliphatic imine (C=N–C) groups is 1. The normalized spacial score (nSPS) is 10.8. The molecule has 2 rings (SSSR count). The van der Waals surface area contributed by atoms with Crippen molar-refractivity contribution in [2.24, 2.45) is 4.99 Å². The second-order valence-electron chi connectivity index (χ2n) is 5.39. The Kier molecular flexibility index (Phi) is 6.55. The third-order valence-corrected chi connectivity index (χ3v) is 4.21. The van der Waals surface area contributed by atoms with Crippen molar-refractivity contribution in [3.05, 3.63) is 58.2 Å². The maximum Gasteiger partial charge on any atom is 0.228 e. The van der Waals surface area contributed by atoms with Gasteiger partial charge in [0.05, 0.1) is 22.2 Å². The number of pyridine rings is 1. The second-order valence-corrected chi connectivity index (χ2v) is 6.24. The van der Waals surface area contributed by atoms with Crippen molar-refractivity contribution in [2.75, 3.05) is 13.6 Å². The number of hydrogen-bond acceptors (Lipinski definition) is 3. The molecule has 0 aliphatic carbocycles. The maximum absolute atomic E-state index is 5.88. The van der Waals surface area contributed by atoms with Gasteiger partial charge in [-0.2, -0.15) is 0 Å². The van der Waals surface area contributed by atoms with E-state index in [0.717, 1.165) is 33.5 Å². The van der Waals surface area contributed by atoms with E-state index in [-0.39, 0.29) is 0 Å². The Morgan fingerprint density at radius 2 is 2.12 bits per heavy atom. The molecule has 4 nitrogen and oxygen atoms in total. The van der Waals surface area contributed by atoms with E-state index in [9.17, 15) is 0 Å². The lowest BCUT2D eigenvalue weighted by Crippen LogP contribution is -2.14. The van der Waals surface area contributed by atoms with Gasteiger partial charge in [-0.15, -0.1) is 0 Å². The molecule has 2 aromatic rings. The monoisotopic (exact) mass is 387 g/mol. The number of benzene rings is 1. The SMILES string of the molecule is C=Cc1ccccc1COc1nc(C)c(N=CN(C)CC)cc1Br. The standard InChI is InChI=1S/C19H22BrN3O/c1-5-15-9-7-8-10-16(15)12-24-19-17(20)11-18(14(3)22-19)21-13-23(4)6-2/h5,7-11,13H,1,6,12H2,2-4H3. The fraction of sp³-hybridized carbons (Fsp3) is 0.263. The summed E-state index contributed by atoms with van der Waals surface area (Å²) in [5.74, 6) is 0.564. The third kappa shape index (κ3) is 4.68. The summed E-state index contributed by atoms with van der Waals surface area (Å²) in [6.07, 6.45) is 3.63. The zero-order valence-electron chi connectivity index (χ0n) is 14.3. The molecule has 5 heteroatoms. The smallest absolute Gasteiger partial charge is 0.228 e. The number of aryl methyl sites for hydroxylation is 1. The molecule has 1 aromatic heterocycles. The number of ether oxygens (including phenoxy) is 1. The van der Waals surface area contributed by atoms with E-state index in [1.165, 1.54) is 0 Å². The molecule has 0 aliphatic rings. The highest BCUT2D eigenvalue weighted by Gasteiger charge is 2.09. The lowest BCUT2D eigenvalue weighted by molar-refractivity contribution is 0.291. The molecule has 0 saturated carbocycles. The average Bonchev–Trinajstić information content (AvgIpc) is 2.60. The van der Waals surface area contributed by atoms with Crippen LogP contribution in [0, 0.1) is 6.92 Å². The van der Waals surface area contributed by atoms with Gasteiger partial charge in [0, 0.05) is 13.6 Å². The number of nitrogens with zero attached hydrogens (tertiary/aromatic N) is 3. The minimum Gasteiger partial charge on any atom is -0.472 e. The van der Waals surface area contributed by atoms with Crippen LogP contribution in [-0.4, -0.2) is 29.8 Å². The first-order valence-electron chi connectivity index (χ1n) is 7.79. The predicted octanol–water partition coefficient (Wildman–Crippen LogP) is 4.99. The van der Waals surface area contributed by atoms with Crippen molar-refractivity contribution in [1.82, 2.24) is 9.88 Å². The summed E-state index contributed by atoms with van der Waals surface area (Å²) in [5, 5.41) is 0. The topological polar surface area (TPSA) is 37.7 Å². The summed E-state index contributed by atoms with van der Waals surface area (Å²) in [4.78, 5) is 11.0. The van der Waals surface area contributed by atoms with Gasteiger partial charge in [0.25, 0.3) is 0 Å². The maximum atomic E-state index is 5.88. The summed E-state index contributed by atoms with van der Waals surface area (Å²) in [7, 11) is 1.98. The molecule has 0 N–H and O–H groups in total. The van der Waals surface area contributed by atoms with E-state index in [4.69, 9.17) is 4.74 Å². The molecule has 0 fully saturated rings. The van der Waals surface area contributed by atoms with E-state index in [1.807, 2.05) is 55.3 Å². The molecule has 0 bridgehead atoms. The molecule has 1 heterocycles. The van der Waals surface area contributed by atoms with Gasteiger partial charge in [-0.1, -0.05) is 36.9 Å². The first-order valence-corrected chi connectivity index (χ1v) is 8.59. The third-order valence-electron chi connectivity index (χ3n) is 3.64. The Balaban J connectivity index is 2.16. The van der Waals surface area contributed by atoms with Crippen molar-refractivity contribution in [2.45, 2.75) is 20.5 Å². The van der Waals surface area contributed by atoms with Crippen LogP contribution in [0.25, 0.3) is 6.08 Å². The molecule has 0 amide bonds. The van der Waals surface area contributed by atoms with Gasteiger partial charge in [0.2, 0.25) is 5.88 Å². The number of rotatable bonds is 7. The van der Waals surface area contributed by atoms with Crippen molar-refractivity contribution in [3.63, 3.8) is 0 Å². The van der Waals surface area contributed by atoms with Gasteiger partial charge in [-0.25, -0.2) is 9.98 Å². The summed E-state index contributed by atoms with van der Waals surface area (Å²) in [6.45, 7) is 9.17. The highest BCUT2D eigenvalue weighted by molar-refractivity contribution is 9.10. The second kappa shape index (κ2) is 8.64. The Morgan fingerprint density at radius 3 is 2.83 bits per heavy atom. The molecule has 0 spiro atoms. The van der Waals surface area contributed by atoms with Crippen LogP contribution in [0.2, 0.25) is 0 Å². The number of hydrogen-bond donors (Lipinski definition) is 0. The van der Waals surface area contributed by atoms with E-state index >= 15 is 0 Å². The molecule has 126 valence electrons. The summed E-state index contributed by atoms with van der Waals surface area (Å²) < 4.78 is 6.67. The molecule has 0 atom stereocenters. The fourth-order valence-electron chi connectivity index (χ4n) is 2.03. The van der Waals surface area contributed by atoms with Gasteiger partial charge in [-0.05, 0) is 47.0 Å². The van der Waals surface area contributed by atoms with Crippen LogP contribution < -0.4 is 4.74 Å². The molecule has 0 saturated heterocycles. The molecular weight excluding hydrogens is 366 g/mol. The highest BCUT2D eigenvalue weighted by Crippen LogP contribution is 2.30. The quantitative estimate of drug-likeness (QED) is 0.496. The van der Waals surface area contributed by atoms with Crippen LogP contribution in [0.1, 0.15) is 23.7 Å². The summed E-state index contributed by atoms with van der Waals surface area (Å²) >= 11 is 3.52. The molecule has 0 unspecified atom stereocenters. The van der Waals surface area contributed by atoms with E-state index < -0.39 is 0 Å². The fourth-order valence-corrected chi connectivity index (χ4v) is 2.45. The minimum absolute atomic E-state index is 0.439. The van der Waals surface area contributed by atoms with Crippen LogP contribution in [0.5, 0.6) is 5.88 Å². The number of aromatic nitrogens is 1. The van der Waals surface area contributed by atoms with Crippen LogP contribution in [-0.2, 0) is 6.61 Å². The molecule has 0 aliphatic heterocycles. The molecule has 1 aromatic carbocycles. The largest absolute Gasteiger partial charge is 0.472 e. The van der Waals surface area contributed by atoms with Crippen LogP contribution in [0.3, 0.4) is 0 Å². The van der Waals surface area contributed by atoms with Crippen LogP contribution >= 0.6 is 15.9 Å². The van der Waals surface area contributed by atoms with Gasteiger partial charge in [0.1, 0.15) is 6.61 Å². The van der Waals surface area contributed by atoms with Crippen molar-refractivity contribution in [1.29, 1.82) is 0 Å². The first kappa shape index (κ1) is 18.2. The van der Waals surface area contributed by atoms with Crippen molar-refractivity contribution >= 4 is 34.0 Å². The lowest BCUT2D eigenvalue weighted by Gasteiger charge is -2.12. The van der Waals surface area contributed by atoms with Crippen molar-refractivity contribution < 1.29 is 4.74 Å². The van der Waals surface area contributed by atoms with Crippen molar-refractivity contribution in [3.8, 4) is 5.88 Å². The molecule has 0 radical (unpaired) electrons. The minimum atomic E-state index is 0.439. The Bertz CT molecular complexity index is 743. The van der Waals surface area contributed by atoms with E-state index in [1.54, 1.807) is 6.34 Å². The lowest BCUT2D eigenvalue weighted by atomic mass is 10.1. The number of halogens is 1. The van der Waals surface area contributed by atoms with E-state index in [0.29, 0.717) is 12.5 Å². The van der Waals surface area contributed by atoms with Gasteiger partial charge < -0.3 is 9.64 Å². The Morgan fingerprint density at radius 1 is 1.38 bits per heavy atom. The van der Waals surface area contributed by atoms with Gasteiger partial charge in [0.15, 0.2) is 0 Å². The zero-order chi connectivity index (χ0) is 17.5. The summed E-state index contributed by atoms with van der Waals surface area (Å²) in [5.41, 5.74) is 3.78. The summed E-state index contributed by atoms with van der Waals surface area (Å²) in [6, 6.07) is 9.94. The predicted molar refractivity (Wildman–Crippen MR) is 104 cm³/mol. The highest BCUT2D eigenvalue weighted by atomic mass is 79.9. The zero-order valence-corrected chi connectivity index (χ0v) is 15.9.